The van der Waals surface area contributed by atoms with Crippen molar-refractivity contribution in [2.45, 2.75) is 90.9 Å². The van der Waals surface area contributed by atoms with Gasteiger partial charge in [-0.2, -0.15) is 0 Å². The van der Waals surface area contributed by atoms with Crippen LogP contribution in [-0.2, 0) is 35.8 Å². The van der Waals surface area contributed by atoms with Crippen LogP contribution in [0.15, 0.2) is 0 Å². The maximum Gasteiger partial charge on any atom is 0.0513 e. The third-order valence-corrected chi connectivity index (χ3v) is 7.86. The molecule has 0 radical (unpaired) electrons. The van der Waals surface area contributed by atoms with Gasteiger partial charge in [0.05, 0.1) is 6.61 Å². The molecule has 0 fully saturated rings. The van der Waals surface area contributed by atoms with Gasteiger partial charge in [0.15, 0.2) is 0 Å². The molecule has 0 aromatic heterocycles. The first-order chi connectivity index (χ1) is 10.1. The van der Waals surface area contributed by atoms with Gasteiger partial charge in [0.2, 0.25) is 0 Å². The molecule has 0 aliphatic heterocycles. The first-order valence-electron chi connectivity index (χ1n) is 8.72. The Labute approximate surface area is 160 Å². The predicted molar refractivity (Wildman–Crippen MR) is 99.4 cm³/mol. The maximum atomic E-state index is 12.0. The van der Waals surface area contributed by atoms with Gasteiger partial charge in [-0.1, -0.05) is 89.9 Å². The summed E-state index contributed by atoms with van der Waals surface area (Å²) in [5.41, 5.74) is -2.82. The maximum absolute atomic E-state index is 12.0. The monoisotopic (exact) mass is 417 g/mol. The Morgan fingerprint density at radius 3 is 1.82 bits per heavy atom. The summed E-state index contributed by atoms with van der Waals surface area (Å²) >= 11 is 6.44. The molecule has 0 aromatic carbocycles. The van der Waals surface area contributed by atoms with E-state index >= 15 is 0 Å². The predicted octanol–water partition coefficient (Wildman–Crippen LogP) is 6.04. The molecule has 0 rings (SSSR count). The van der Waals surface area contributed by atoms with E-state index in [-0.39, 0.29) is 19.5 Å². The zero-order valence-corrected chi connectivity index (χ0v) is 20.2. The molecule has 0 bridgehead atoms. The second-order valence-electron chi connectivity index (χ2n) is 5.65. The van der Waals surface area contributed by atoms with Gasteiger partial charge < -0.3 is 9.42 Å². The topological polar surface area (TPSA) is 32.3 Å². The molecule has 0 aliphatic rings. The van der Waals surface area contributed by atoms with Crippen molar-refractivity contribution in [1.29, 1.82) is 0 Å². The van der Waals surface area contributed by atoms with Crippen molar-refractivity contribution in [1.82, 2.24) is 0 Å². The van der Waals surface area contributed by atoms with Crippen LogP contribution in [0.5, 0.6) is 0 Å². The molecule has 1 unspecified atom stereocenters. The van der Waals surface area contributed by atoms with E-state index in [1.54, 1.807) is 0 Å². The number of rotatable bonds is 16. The van der Waals surface area contributed by atoms with Crippen LogP contribution in [0.3, 0.4) is 0 Å². The average Bonchev–Trinajstić information content (AvgIpc) is 2.45. The molecule has 0 heterocycles. The summed E-state index contributed by atoms with van der Waals surface area (Å²) in [6.45, 7) is 5.01. The Bertz CT molecular complexity index is 247. The summed E-state index contributed by atoms with van der Waals surface area (Å²) in [5, 5.41) is 0. The Hall–Kier alpha value is 1.54. The third-order valence-electron chi connectivity index (χ3n) is 3.49. The van der Waals surface area contributed by atoms with Crippen molar-refractivity contribution in [2.24, 2.45) is 0 Å². The van der Waals surface area contributed by atoms with E-state index in [2.05, 4.69) is 13.8 Å². The van der Waals surface area contributed by atoms with Crippen LogP contribution in [0.2, 0.25) is 0 Å². The molecule has 1 atom stereocenters. The minimum absolute atomic E-state index is 0. The molecule has 22 heavy (non-hydrogen) atoms. The fourth-order valence-corrected chi connectivity index (χ4v) is 5.54. The fourth-order valence-electron chi connectivity index (χ4n) is 2.15. The van der Waals surface area contributed by atoms with Crippen molar-refractivity contribution < 1.29 is 28.9 Å². The van der Waals surface area contributed by atoms with Crippen LogP contribution in [0.1, 0.15) is 90.9 Å². The summed E-state index contributed by atoms with van der Waals surface area (Å²) < 4.78 is 5.41. The standard InChI is InChI=1S/C16H35O2PS2.Zn/c1-3-5-7-9-11-13-15-18-19(17,20)21-16-14-12-10-8-6-4-2;/h3-16H2,1-2H3,(H,17,20);/p-1. The molecule has 0 saturated carbocycles. The van der Waals surface area contributed by atoms with Crippen molar-refractivity contribution in [3.63, 3.8) is 0 Å². The van der Waals surface area contributed by atoms with Crippen LogP contribution in [0.25, 0.3) is 0 Å². The molecule has 0 amide bonds. The second-order valence-corrected chi connectivity index (χ2v) is 11.8. The zero-order valence-electron chi connectivity index (χ0n) is 14.7. The van der Waals surface area contributed by atoms with Crippen molar-refractivity contribution in [3.05, 3.63) is 0 Å². The molecule has 0 aromatic rings. The Morgan fingerprint density at radius 1 is 0.818 bits per heavy atom. The Kier molecular flexibility index (Phi) is 22.1. The molecule has 0 aliphatic carbocycles. The van der Waals surface area contributed by atoms with Crippen molar-refractivity contribution in [2.75, 3.05) is 12.4 Å². The fraction of sp³-hybridized carbons (Fsp3) is 1.00. The summed E-state index contributed by atoms with van der Waals surface area (Å²) in [6.07, 6.45) is 14.8. The van der Waals surface area contributed by atoms with Gasteiger partial charge in [0, 0.05) is 25.2 Å². The molecule has 0 spiro atoms. The minimum Gasteiger partial charge on any atom is -0.793 e. The molecular weight excluding hydrogens is 385 g/mol. The van der Waals surface area contributed by atoms with Gasteiger partial charge in [-0.3, -0.25) is 0 Å². The van der Waals surface area contributed by atoms with Gasteiger partial charge in [-0.15, -0.1) is 11.4 Å². The summed E-state index contributed by atoms with van der Waals surface area (Å²) in [4.78, 5) is 12.0. The average molecular weight is 419 g/mol. The quantitative estimate of drug-likeness (QED) is 0.174. The zero-order chi connectivity index (χ0) is 15.8. The number of hydrogen-bond donors (Lipinski definition) is 0. The number of unbranched alkanes of at least 4 members (excludes halogenated alkanes) is 10. The van der Waals surface area contributed by atoms with Crippen LogP contribution in [0.4, 0.5) is 0 Å². The Balaban J connectivity index is 0. The van der Waals surface area contributed by atoms with E-state index in [9.17, 15) is 4.89 Å². The molecule has 6 heteroatoms. The second kappa shape index (κ2) is 18.9. The first kappa shape index (κ1) is 25.8. The third kappa shape index (κ3) is 19.6. The van der Waals surface area contributed by atoms with E-state index in [0.717, 1.165) is 25.0 Å². The van der Waals surface area contributed by atoms with Crippen LogP contribution in [0, 0.1) is 0 Å². The van der Waals surface area contributed by atoms with Gasteiger partial charge in [-0.05, 0) is 18.6 Å². The van der Waals surface area contributed by atoms with E-state index in [0.29, 0.717) is 6.61 Å². The van der Waals surface area contributed by atoms with Gasteiger partial charge in [-0.25, -0.2) is 0 Å². The van der Waals surface area contributed by atoms with Crippen LogP contribution < -0.4 is 4.89 Å². The molecular formula is C16H34O2PS2Zn-. The van der Waals surface area contributed by atoms with Gasteiger partial charge in [0.25, 0.3) is 0 Å². The van der Waals surface area contributed by atoms with E-state index in [1.807, 2.05) is 0 Å². The SMILES string of the molecule is CCCCCCCCOP([O-])(=S)SCCCCCCCC.[Zn]. The number of hydrogen-bond acceptors (Lipinski definition) is 4. The van der Waals surface area contributed by atoms with Gasteiger partial charge >= 0.3 is 0 Å². The van der Waals surface area contributed by atoms with E-state index in [1.165, 1.54) is 69.2 Å². The summed E-state index contributed by atoms with van der Waals surface area (Å²) in [7, 11) is 0. The Morgan fingerprint density at radius 2 is 1.27 bits per heavy atom. The van der Waals surface area contributed by atoms with E-state index < -0.39 is 5.69 Å². The van der Waals surface area contributed by atoms with E-state index in [4.69, 9.17) is 16.3 Å². The van der Waals surface area contributed by atoms with Gasteiger partial charge in [0.1, 0.15) is 0 Å². The van der Waals surface area contributed by atoms with Crippen LogP contribution in [-0.4, -0.2) is 12.4 Å². The minimum atomic E-state index is -2.82. The normalized spacial score (nSPS) is 13.6. The summed E-state index contributed by atoms with van der Waals surface area (Å²) in [5.74, 6) is 0.878. The molecule has 2 nitrogen and oxygen atoms in total. The molecule has 0 saturated heterocycles. The van der Waals surface area contributed by atoms with Crippen LogP contribution >= 0.6 is 17.1 Å². The van der Waals surface area contributed by atoms with Crippen molar-refractivity contribution in [3.8, 4) is 0 Å². The largest absolute Gasteiger partial charge is 0.793 e. The van der Waals surface area contributed by atoms with Crippen molar-refractivity contribution >= 4 is 28.9 Å². The molecule has 0 N–H and O–H groups in total. The first-order valence-corrected chi connectivity index (χ1v) is 13.0. The smallest absolute Gasteiger partial charge is 0.0513 e. The molecule has 130 valence electrons. The summed E-state index contributed by atoms with van der Waals surface area (Å²) in [6, 6.07) is 0.